The number of hydrogen-bond acceptors (Lipinski definition) is 3. The molecule has 110 valence electrons. The van der Waals surface area contributed by atoms with Gasteiger partial charge in [0.25, 0.3) is 0 Å². The minimum atomic E-state index is -1.18. The largest absolute Gasteiger partial charge is 0.479 e. The van der Waals surface area contributed by atoms with Crippen molar-refractivity contribution < 1.29 is 19.4 Å². The number of hydrogen-bond donors (Lipinski definition) is 3. The van der Waals surface area contributed by atoms with Crippen LogP contribution in [0.2, 0.25) is 15.1 Å². The lowest BCUT2D eigenvalue weighted by Gasteiger charge is -2.13. The van der Waals surface area contributed by atoms with Crippen LogP contribution in [-0.2, 0) is 9.53 Å². The fraction of sp³-hybridized carbons (Fsp3) is 0.273. The molecule has 0 bridgehead atoms. The number of carboxylic acids is 1. The molecule has 1 atom stereocenters. The van der Waals surface area contributed by atoms with Gasteiger partial charge in [0.05, 0.1) is 27.3 Å². The molecule has 9 heteroatoms. The van der Waals surface area contributed by atoms with E-state index in [1.165, 1.54) is 19.2 Å². The number of nitrogens with one attached hydrogen (secondary N) is 2. The Morgan fingerprint density at radius 2 is 1.85 bits per heavy atom. The molecule has 0 radical (unpaired) electrons. The lowest BCUT2D eigenvalue weighted by atomic mass is 10.3. The molecular weight excluding hydrogens is 330 g/mol. The maximum atomic E-state index is 11.6. The van der Waals surface area contributed by atoms with Gasteiger partial charge in [-0.25, -0.2) is 9.59 Å². The molecule has 0 aromatic heterocycles. The molecule has 1 aromatic rings. The summed E-state index contributed by atoms with van der Waals surface area (Å²) in [6, 6.07) is 2.13. The van der Waals surface area contributed by atoms with Gasteiger partial charge in [0.1, 0.15) is 0 Å². The van der Waals surface area contributed by atoms with E-state index < -0.39 is 18.1 Å². The number of aliphatic carboxylic acids is 1. The van der Waals surface area contributed by atoms with Crippen LogP contribution in [0.25, 0.3) is 0 Å². The van der Waals surface area contributed by atoms with Crippen molar-refractivity contribution in [1.82, 2.24) is 5.32 Å². The predicted molar refractivity (Wildman–Crippen MR) is 76.9 cm³/mol. The number of amides is 2. The van der Waals surface area contributed by atoms with Crippen molar-refractivity contribution in [2.45, 2.75) is 6.10 Å². The Kier molecular flexibility index (Phi) is 6.35. The standard InChI is InChI=1S/C11H11Cl3N2O4/c1-20-9(10(17)18)4-15-11(19)16-8-3-6(13)5(12)2-7(8)14/h2-3,9H,4H2,1H3,(H,17,18)(H2,15,16,19). The summed E-state index contributed by atoms with van der Waals surface area (Å²) in [4.78, 5) is 22.3. The van der Waals surface area contributed by atoms with E-state index in [0.29, 0.717) is 0 Å². The highest BCUT2D eigenvalue weighted by Gasteiger charge is 2.17. The number of carbonyl (C=O) groups excluding carboxylic acids is 1. The maximum absolute atomic E-state index is 11.6. The maximum Gasteiger partial charge on any atom is 0.334 e. The first-order valence-corrected chi connectivity index (χ1v) is 6.43. The molecule has 20 heavy (non-hydrogen) atoms. The highest BCUT2D eigenvalue weighted by molar-refractivity contribution is 6.44. The molecule has 0 aliphatic rings. The van der Waals surface area contributed by atoms with Crippen LogP contribution in [0, 0.1) is 0 Å². The zero-order valence-electron chi connectivity index (χ0n) is 10.2. The van der Waals surface area contributed by atoms with Gasteiger partial charge in [-0.05, 0) is 12.1 Å². The molecule has 0 spiro atoms. The summed E-state index contributed by atoms with van der Waals surface area (Å²) in [5.74, 6) is -1.18. The number of benzene rings is 1. The number of anilines is 1. The number of rotatable bonds is 5. The van der Waals surface area contributed by atoms with Crippen LogP contribution in [0.4, 0.5) is 10.5 Å². The Bertz CT molecular complexity index is 525. The van der Waals surface area contributed by atoms with E-state index in [-0.39, 0.29) is 27.3 Å². The lowest BCUT2D eigenvalue weighted by molar-refractivity contribution is -0.147. The van der Waals surface area contributed by atoms with Gasteiger partial charge in [0.2, 0.25) is 0 Å². The van der Waals surface area contributed by atoms with E-state index >= 15 is 0 Å². The van der Waals surface area contributed by atoms with Crippen molar-refractivity contribution in [3.63, 3.8) is 0 Å². The highest BCUT2D eigenvalue weighted by atomic mass is 35.5. The first kappa shape index (κ1) is 16.8. The number of halogens is 3. The van der Waals surface area contributed by atoms with E-state index in [9.17, 15) is 9.59 Å². The van der Waals surface area contributed by atoms with Crippen molar-refractivity contribution >= 4 is 52.5 Å². The second-order valence-corrected chi connectivity index (χ2v) is 4.87. The van der Waals surface area contributed by atoms with E-state index in [1.54, 1.807) is 0 Å². The fourth-order valence-corrected chi connectivity index (χ4v) is 1.84. The molecule has 1 unspecified atom stereocenters. The molecule has 0 saturated carbocycles. The minimum Gasteiger partial charge on any atom is -0.479 e. The zero-order valence-corrected chi connectivity index (χ0v) is 12.5. The number of carbonyl (C=O) groups is 2. The van der Waals surface area contributed by atoms with Gasteiger partial charge in [-0.3, -0.25) is 0 Å². The Morgan fingerprint density at radius 1 is 1.25 bits per heavy atom. The Morgan fingerprint density at radius 3 is 2.40 bits per heavy atom. The normalized spacial score (nSPS) is 11.8. The lowest BCUT2D eigenvalue weighted by Crippen LogP contribution is -2.39. The third-order valence-electron chi connectivity index (χ3n) is 2.27. The van der Waals surface area contributed by atoms with E-state index in [0.717, 1.165) is 0 Å². The monoisotopic (exact) mass is 340 g/mol. The van der Waals surface area contributed by atoms with E-state index in [4.69, 9.17) is 39.9 Å². The van der Waals surface area contributed by atoms with Crippen molar-refractivity contribution in [3.05, 3.63) is 27.2 Å². The van der Waals surface area contributed by atoms with Crippen molar-refractivity contribution in [3.8, 4) is 0 Å². The number of ether oxygens (including phenoxy) is 1. The second-order valence-electron chi connectivity index (χ2n) is 3.64. The summed E-state index contributed by atoms with van der Waals surface area (Å²) in [6.07, 6.45) is -1.13. The van der Waals surface area contributed by atoms with Crippen molar-refractivity contribution in [2.75, 3.05) is 19.0 Å². The zero-order chi connectivity index (χ0) is 15.3. The molecule has 6 nitrogen and oxygen atoms in total. The summed E-state index contributed by atoms with van der Waals surface area (Å²) in [5.41, 5.74) is 0.253. The third kappa shape index (κ3) is 4.72. The average molecular weight is 342 g/mol. The molecule has 0 aliphatic heterocycles. The van der Waals surface area contributed by atoms with Crippen LogP contribution in [0.1, 0.15) is 0 Å². The van der Waals surface area contributed by atoms with Crippen LogP contribution < -0.4 is 10.6 Å². The van der Waals surface area contributed by atoms with E-state index in [1.807, 2.05) is 0 Å². The Hall–Kier alpha value is -1.21. The summed E-state index contributed by atoms with van der Waals surface area (Å²) < 4.78 is 4.66. The van der Waals surface area contributed by atoms with Crippen LogP contribution in [-0.4, -0.2) is 36.9 Å². The molecule has 2 amide bonds. The van der Waals surface area contributed by atoms with Gasteiger partial charge in [0, 0.05) is 7.11 Å². The fourth-order valence-electron chi connectivity index (χ4n) is 1.24. The Balaban J connectivity index is 2.63. The summed E-state index contributed by atoms with van der Waals surface area (Å²) in [5, 5.41) is 14.2. The molecule has 1 rings (SSSR count). The number of carboxylic acid groups (broad SMARTS) is 1. The van der Waals surface area contributed by atoms with Gasteiger partial charge in [-0.2, -0.15) is 0 Å². The molecule has 3 N–H and O–H groups in total. The molecular formula is C11H11Cl3N2O4. The van der Waals surface area contributed by atoms with E-state index in [2.05, 4.69) is 15.4 Å². The topological polar surface area (TPSA) is 87.7 Å². The predicted octanol–water partition coefficient (Wildman–Crippen LogP) is 2.87. The van der Waals surface area contributed by atoms with Crippen LogP contribution in [0.5, 0.6) is 0 Å². The SMILES string of the molecule is COC(CNC(=O)Nc1cc(Cl)c(Cl)cc1Cl)C(=O)O. The first-order chi connectivity index (χ1) is 9.35. The van der Waals surface area contributed by atoms with Crippen LogP contribution in [0.15, 0.2) is 12.1 Å². The van der Waals surface area contributed by atoms with Gasteiger partial charge in [-0.15, -0.1) is 0 Å². The molecule has 0 aliphatic carbocycles. The Labute approximate surface area is 129 Å². The van der Waals surface area contributed by atoms with Gasteiger partial charge >= 0.3 is 12.0 Å². The summed E-state index contributed by atoms with van der Waals surface area (Å²) >= 11 is 17.4. The minimum absolute atomic E-state index is 0.198. The molecule has 0 fully saturated rings. The van der Waals surface area contributed by atoms with Crippen LogP contribution in [0.3, 0.4) is 0 Å². The molecule has 0 saturated heterocycles. The smallest absolute Gasteiger partial charge is 0.334 e. The first-order valence-electron chi connectivity index (χ1n) is 5.30. The number of urea groups is 1. The number of methoxy groups -OCH3 is 1. The average Bonchev–Trinajstić information content (AvgIpc) is 2.36. The third-order valence-corrected chi connectivity index (χ3v) is 3.30. The van der Waals surface area contributed by atoms with Gasteiger partial charge in [-0.1, -0.05) is 34.8 Å². The van der Waals surface area contributed by atoms with Gasteiger partial charge < -0.3 is 20.5 Å². The summed E-state index contributed by atoms with van der Waals surface area (Å²) in [6.45, 7) is -0.198. The van der Waals surface area contributed by atoms with Crippen molar-refractivity contribution in [2.24, 2.45) is 0 Å². The second kappa shape index (κ2) is 7.54. The summed E-state index contributed by atoms with van der Waals surface area (Å²) in [7, 11) is 1.23. The molecule has 1 aromatic carbocycles. The quantitative estimate of drug-likeness (QED) is 0.719. The van der Waals surface area contributed by atoms with Gasteiger partial charge in [0.15, 0.2) is 6.10 Å². The highest BCUT2D eigenvalue weighted by Crippen LogP contribution is 2.32. The van der Waals surface area contributed by atoms with Crippen molar-refractivity contribution in [1.29, 1.82) is 0 Å². The van der Waals surface area contributed by atoms with Crippen LogP contribution >= 0.6 is 34.8 Å². The molecule has 0 heterocycles.